The van der Waals surface area contributed by atoms with Crippen LogP contribution in [0.1, 0.15) is 50.7 Å². The normalized spacial score (nSPS) is 13.8. The van der Waals surface area contributed by atoms with E-state index >= 15 is 0 Å². The Morgan fingerprint density at radius 3 is 2.97 bits per heavy atom. The second-order valence-electron chi connectivity index (χ2n) is 7.62. The number of hydrogen-bond acceptors (Lipinski definition) is 4. The number of nitrogens with zero attached hydrogens (tertiary/aromatic N) is 1. The van der Waals surface area contributed by atoms with Gasteiger partial charge in [-0.1, -0.05) is 18.2 Å². The molecule has 5 nitrogen and oxygen atoms in total. The second kappa shape index (κ2) is 7.95. The smallest absolute Gasteiger partial charge is 0.255 e. The molecule has 0 saturated heterocycles. The van der Waals surface area contributed by atoms with Crippen LogP contribution in [0.15, 0.2) is 52.1 Å². The van der Waals surface area contributed by atoms with E-state index in [2.05, 4.69) is 29.4 Å². The molecular formula is C24H23N3O2S. The molecule has 0 saturated carbocycles. The number of aromatic amines is 1. The summed E-state index contributed by atoms with van der Waals surface area (Å²) in [6.07, 6.45) is 7.78. The lowest BCUT2D eigenvalue weighted by atomic mass is 9.95. The van der Waals surface area contributed by atoms with Gasteiger partial charge in [-0.3, -0.25) is 4.79 Å². The van der Waals surface area contributed by atoms with E-state index in [0.29, 0.717) is 6.54 Å². The van der Waals surface area contributed by atoms with E-state index in [1.54, 1.807) is 17.6 Å². The molecule has 3 aromatic heterocycles. The lowest BCUT2D eigenvalue weighted by molar-refractivity contribution is 0.0948. The molecule has 0 unspecified atom stereocenters. The van der Waals surface area contributed by atoms with Crippen LogP contribution in [0.25, 0.3) is 10.9 Å². The van der Waals surface area contributed by atoms with E-state index in [9.17, 15) is 4.79 Å². The van der Waals surface area contributed by atoms with Gasteiger partial charge in [-0.2, -0.15) is 0 Å². The third-order valence-corrected chi connectivity index (χ3v) is 6.84. The van der Waals surface area contributed by atoms with E-state index in [1.807, 2.05) is 30.5 Å². The van der Waals surface area contributed by atoms with Crippen molar-refractivity contribution in [1.82, 2.24) is 10.3 Å². The number of rotatable bonds is 5. The molecular weight excluding hydrogens is 394 g/mol. The van der Waals surface area contributed by atoms with Gasteiger partial charge < -0.3 is 14.7 Å². The molecule has 5 rings (SSSR count). The molecule has 2 N–H and O–H groups in total. The highest BCUT2D eigenvalue weighted by molar-refractivity contribution is 7.16. The molecule has 0 bridgehead atoms. The van der Waals surface area contributed by atoms with Crippen molar-refractivity contribution in [3.63, 3.8) is 0 Å². The zero-order chi connectivity index (χ0) is 20.5. The first-order valence-electron chi connectivity index (χ1n) is 10.3. The minimum absolute atomic E-state index is 0.0754. The Balaban J connectivity index is 1.49. The van der Waals surface area contributed by atoms with Crippen LogP contribution in [0.4, 0.5) is 5.00 Å². The summed E-state index contributed by atoms with van der Waals surface area (Å²) in [6.45, 7) is 2.43. The zero-order valence-electron chi connectivity index (χ0n) is 16.8. The molecule has 1 aliphatic rings. The Kier molecular flexibility index (Phi) is 5.01. The molecule has 0 fully saturated rings. The average Bonchev–Trinajstić information content (AvgIpc) is 3.47. The molecule has 152 valence electrons. The number of aliphatic imine (C=N–C) groups is 1. The molecule has 3 heterocycles. The van der Waals surface area contributed by atoms with Crippen molar-refractivity contribution in [2.45, 2.75) is 39.2 Å². The number of para-hydroxylation sites is 1. The maximum Gasteiger partial charge on any atom is 0.255 e. The first-order chi connectivity index (χ1) is 14.7. The molecule has 4 aromatic rings. The summed E-state index contributed by atoms with van der Waals surface area (Å²) in [4.78, 5) is 22.6. The number of furan rings is 1. The number of carbonyl (C=O) groups excluding carboxylic acids is 1. The van der Waals surface area contributed by atoms with Crippen LogP contribution in [0.2, 0.25) is 0 Å². The number of aromatic nitrogens is 1. The van der Waals surface area contributed by atoms with E-state index in [-0.39, 0.29) is 5.91 Å². The van der Waals surface area contributed by atoms with Crippen LogP contribution in [0.5, 0.6) is 0 Å². The van der Waals surface area contributed by atoms with Crippen molar-refractivity contribution >= 4 is 39.4 Å². The Morgan fingerprint density at radius 2 is 2.10 bits per heavy atom. The van der Waals surface area contributed by atoms with Crippen molar-refractivity contribution in [3.8, 4) is 0 Å². The number of nitrogens with one attached hydrogen (secondary N) is 2. The number of aryl methyl sites for hydroxylation is 2. The second-order valence-corrected chi connectivity index (χ2v) is 8.70. The van der Waals surface area contributed by atoms with Gasteiger partial charge in [0.15, 0.2) is 0 Å². The SMILES string of the molecule is Cc1[nH]c2ccccc2c1/C=N/c1sc2c(c1C(=O)NCc1ccco1)CCCC2. The van der Waals surface area contributed by atoms with Gasteiger partial charge in [0.05, 0.1) is 18.4 Å². The Bertz CT molecular complexity index is 1230. The van der Waals surface area contributed by atoms with Crippen LogP contribution in [-0.4, -0.2) is 17.1 Å². The number of benzene rings is 1. The van der Waals surface area contributed by atoms with Crippen molar-refractivity contribution in [2.24, 2.45) is 4.99 Å². The first-order valence-corrected chi connectivity index (χ1v) is 11.1. The molecule has 0 atom stereocenters. The van der Waals surface area contributed by atoms with E-state index in [4.69, 9.17) is 9.41 Å². The number of thiophene rings is 1. The van der Waals surface area contributed by atoms with Crippen molar-refractivity contribution in [2.75, 3.05) is 0 Å². The maximum atomic E-state index is 13.1. The van der Waals surface area contributed by atoms with Crippen molar-refractivity contribution in [3.05, 3.63) is 75.7 Å². The fraction of sp³-hybridized carbons (Fsp3) is 0.250. The molecule has 0 spiro atoms. The molecule has 0 aliphatic heterocycles. The highest BCUT2D eigenvalue weighted by Gasteiger charge is 2.25. The van der Waals surface area contributed by atoms with Gasteiger partial charge in [0, 0.05) is 33.3 Å². The summed E-state index contributed by atoms with van der Waals surface area (Å²) in [5, 5.41) is 4.94. The minimum atomic E-state index is -0.0754. The molecule has 30 heavy (non-hydrogen) atoms. The van der Waals surface area contributed by atoms with Crippen LogP contribution >= 0.6 is 11.3 Å². The summed E-state index contributed by atoms with van der Waals surface area (Å²) >= 11 is 1.65. The summed E-state index contributed by atoms with van der Waals surface area (Å²) in [5.74, 6) is 0.667. The maximum absolute atomic E-state index is 13.1. The summed E-state index contributed by atoms with van der Waals surface area (Å²) < 4.78 is 5.35. The number of hydrogen-bond donors (Lipinski definition) is 2. The Morgan fingerprint density at radius 1 is 1.23 bits per heavy atom. The quantitative estimate of drug-likeness (QED) is 0.410. The third-order valence-electron chi connectivity index (χ3n) is 5.64. The van der Waals surface area contributed by atoms with Gasteiger partial charge in [0.2, 0.25) is 0 Å². The number of fused-ring (bicyclic) bond motifs is 2. The third kappa shape index (κ3) is 3.48. The van der Waals surface area contributed by atoms with Gasteiger partial charge in [-0.25, -0.2) is 4.99 Å². The van der Waals surface area contributed by atoms with Crippen LogP contribution in [0.3, 0.4) is 0 Å². The number of carbonyl (C=O) groups is 1. The standard InChI is InChI=1S/C24H23N3O2S/c1-15-19(17-8-2-4-10-20(17)27-15)14-26-24-22(18-9-3-5-11-21(18)30-24)23(28)25-13-16-7-6-12-29-16/h2,4,6-8,10,12,14,27H,3,5,9,11,13H2,1H3,(H,25,28)/b26-14+. The summed E-state index contributed by atoms with van der Waals surface area (Å²) in [5.41, 5.74) is 5.14. The molecule has 1 amide bonds. The molecule has 6 heteroatoms. The molecule has 1 aromatic carbocycles. The van der Waals surface area contributed by atoms with Gasteiger partial charge >= 0.3 is 0 Å². The first kappa shape index (κ1) is 18.9. The predicted octanol–water partition coefficient (Wildman–Crippen LogP) is 5.69. The van der Waals surface area contributed by atoms with Gasteiger partial charge in [0.1, 0.15) is 10.8 Å². The Hall–Kier alpha value is -3.12. The molecule has 0 radical (unpaired) electrons. The van der Waals surface area contributed by atoms with Crippen LogP contribution < -0.4 is 5.32 Å². The predicted molar refractivity (Wildman–Crippen MR) is 121 cm³/mol. The van der Waals surface area contributed by atoms with Crippen molar-refractivity contribution < 1.29 is 9.21 Å². The highest BCUT2D eigenvalue weighted by Crippen LogP contribution is 2.40. The number of amides is 1. The average molecular weight is 418 g/mol. The van der Waals surface area contributed by atoms with Gasteiger partial charge in [0.25, 0.3) is 5.91 Å². The lowest BCUT2D eigenvalue weighted by Crippen LogP contribution is -2.23. The summed E-state index contributed by atoms with van der Waals surface area (Å²) in [6, 6.07) is 11.9. The topological polar surface area (TPSA) is 70.4 Å². The highest BCUT2D eigenvalue weighted by atomic mass is 32.1. The van der Waals surface area contributed by atoms with Crippen LogP contribution in [-0.2, 0) is 19.4 Å². The van der Waals surface area contributed by atoms with Gasteiger partial charge in [-0.15, -0.1) is 11.3 Å². The fourth-order valence-corrected chi connectivity index (χ4v) is 5.36. The largest absolute Gasteiger partial charge is 0.467 e. The van der Waals surface area contributed by atoms with E-state index < -0.39 is 0 Å². The van der Waals surface area contributed by atoms with Gasteiger partial charge in [-0.05, 0) is 56.4 Å². The lowest BCUT2D eigenvalue weighted by Gasteiger charge is -2.12. The summed E-state index contributed by atoms with van der Waals surface area (Å²) in [7, 11) is 0. The Labute approximate surface area is 178 Å². The van der Waals surface area contributed by atoms with Crippen molar-refractivity contribution in [1.29, 1.82) is 0 Å². The van der Waals surface area contributed by atoms with E-state index in [1.165, 1.54) is 16.9 Å². The van der Waals surface area contributed by atoms with E-state index in [0.717, 1.165) is 57.7 Å². The number of H-pyrrole nitrogens is 1. The monoisotopic (exact) mass is 417 g/mol. The zero-order valence-corrected chi connectivity index (χ0v) is 17.6. The van der Waals surface area contributed by atoms with Crippen LogP contribution in [0, 0.1) is 6.92 Å². The minimum Gasteiger partial charge on any atom is -0.467 e. The molecule has 1 aliphatic carbocycles. The fourth-order valence-electron chi connectivity index (χ4n) is 4.13.